The molecule has 3 aromatic rings. The van der Waals surface area contributed by atoms with Crippen molar-refractivity contribution in [3.8, 4) is 0 Å². The molecule has 29 heavy (non-hydrogen) atoms. The molecule has 1 fully saturated rings. The van der Waals surface area contributed by atoms with Crippen molar-refractivity contribution >= 4 is 33.4 Å². The van der Waals surface area contributed by atoms with Gasteiger partial charge >= 0.3 is 0 Å². The minimum Gasteiger partial charge on any atom is -0.348 e. The molecule has 0 unspecified atom stereocenters. The van der Waals surface area contributed by atoms with E-state index in [1.807, 2.05) is 24.8 Å². The maximum Gasteiger partial charge on any atom is 0.274 e. The van der Waals surface area contributed by atoms with E-state index in [0.717, 1.165) is 27.7 Å². The summed E-state index contributed by atoms with van der Waals surface area (Å²) in [5.74, 6) is 0.170. The minimum atomic E-state index is -0.402. The first kappa shape index (κ1) is 19.7. The summed E-state index contributed by atoms with van der Waals surface area (Å²) in [5.41, 5.74) is 7.57. The van der Waals surface area contributed by atoms with Crippen LogP contribution in [0.3, 0.4) is 0 Å². The van der Waals surface area contributed by atoms with Gasteiger partial charge in [0.15, 0.2) is 5.69 Å². The Morgan fingerprint density at radius 3 is 2.97 bits per heavy atom. The monoisotopic (exact) mass is 414 g/mol. The molecule has 0 radical (unpaired) electrons. The molecule has 7 nitrogen and oxygen atoms in total. The Kier molecular flexibility index (Phi) is 5.42. The lowest BCUT2D eigenvalue weighted by Crippen LogP contribution is -2.30. The summed E-state index contributed by atoms with van der Waals surface area (Å²) in [4.78, 5) is 29.1. The third kappa shape index (κ3) is 4.06. The molecule has 1 aliphatic rings. The number of halogens is 1. The number of rotatable bonds is 5. The summed E-state index contributed by atoms with van der Waals surface area (Å²) in [6.45, 7) is 5.77. The molecule has 152 valence electrons. The second-order valence-electron chi connectivity index (χ2n) is 7.41. The van der Waals surface area contributed by atoms with Crippen LogP contribution in [-0.4, -0.2) is 45.4 Å². The van der Waals surface area contributed by atoms with E-state index in [-0.39, 0.29) is 11.9 Å². The standard InChI is InChI=1S/C20H23FN6OS/c1-11-5-16-18(29-11)17(19(28)27-4-3-13(7-22)10-27)26-20(25-16)24-12(2)14-6-15(21)9-23-8-14/h5-6,8-9,12-13H,3-4,7,10,22H2,1-2H3,(H,24,25,26)/t12-,13-/m0/s1. The number of carbonyl (C=O) groups excluding carboxylic acids is 1. The average Bonchev–Trinajstić information content (AvgIpc) is 3.32. The highest BCUT2D eigenvalue weighted by molar-refractivity contribution is 7.19. The average molecular weight is 415 g/mol. The summed E-state index contributed by atoms with van der Waals surface area (Å²) in [6.07, 6.45) is 3.67. The number of hydrogen-bond acceptors (Lipinski definition) is 7. The number of likely N-dealkylation sites (tertiary alicyclic amines) is 1. The third-order valence-corrected chi connectivity index (χ3v) is 6.22. The van der Waals surface area contributed by atoms with Crippen molar-refractivity contribution in [1.82, 2.24) is 19.9 Å². The van der Waals surface area contributed by atoms with E-state index in [1.165, 1.54) is 17.4 Å². The molecule has 2 atom stereocenters. The molecule has 1 aliphatic heterocycles. The molecular weight excluding hydrogens is 391 g/mol. The zero-order chi connectivity index (χ0) is 20.5. The van der Waals surface area contributed by atoms with Gasteiger partial charge in [-0.15, -0.1) is 11.3 Å². The molecule has 4 heterocycles. The Balaban J connectivity index is 1.66. The van der Waals surface area contributed by atoms with Crippen molar-refractivity contribution in [1.29, 1.82) is 0 Å². The molecule has 0 aromatic carbocycles. The summed E-state index contributed by atoms with van der Waals surface area (Å²) in [7, 11) is 0. The number of nitrogens with zero attached hydrogens (tertiary/aromatic N) is 4. The number of aromatic nitrogens is 3. The first-order valence-electron chi connectivity index (χ1n) is 9.59. The second kappa shape index (κ2) is 8.00. The SMILES string of the molecule is Cc1cc2nc(N[C@@H](C)c3cncc(F)c3)nc(C(=O)N3CC[C@@H](CN)C3)c2s1. The van der Waals surface area contributed by atoms with Gasteiger partial charge in [0.1, 0.15) is 5.82 Å². The number of fused-ring (bicyclic) bond motifs is 1. The number of hydrogen-bond donors (Lipinski definition) is 2. The highest BCUT2D eigenvalue weighted by Gasteiger charge is 2.29. The van der Waals surface area contributed by atoms with Crippen molar-refractivity contribution in [2.75, 3.05) is 25.0 Å². The van der Waals surface area contributed by atoms with Crippen LogP contribution in [0.1, 0.15) is 40.3 Å². The number of anilines is 1. The van der Waals surface area contributed by atoms with E-state index in [9.17, 15) is 9.18 Å². The topological polar surface area (TPSA) is 97.0 Å². The van der Waals surface area contributed by atoms with Crippen LogP contribution in [0.25, 0.3) is 10.2 Å². The highest BCUT2D eigenvalue weighted by Crippen LogP contribution is 2.30. The highest BCUT2D eigenvalue weighted by atomic mass is 32.1. The van der Waals surface area contributed by atoms with Gasteiger partial charge < -0.3 is 16.0 Å². The van der Waals surface area contributed by atoms with Gasteiger partial charge in [0.25, 0.3) is 5.91 Å². The summed E-state index contributed by atoms with van der Waals surface area (Å²) in [5, 5.41) is 3.18. The Morgan fingerprint density at radius 2 is 2.24 bits per heavy atom. The number of pyridine rings is 1. The van der Waals surface area contributed by atoms with E-state index >= 15 is 0 Å². The number of carbonyl (C=O) groups is 1. The Labute approximate surface area is 172 Å². The molecule has 0 saturated carbocycles. The van der Waals surface area contributed by atoms with Crippen LogP contribution in [-0.2, 0) is 0 Å². The van der Waals surface area contributed by atoms with E-state index in [2.05, 4.69) is 20.3 Å². The normalized spacial score (nSPS) is 17.7. The zero-order valence-electron chi connectivity index (χ0n) is 16.4. The molecule has 0 bridgehead atoms. The van der Waals surface area contributed by atoms with Crippen LogP contribution >= 0.6 is 11.3 Å². The molecule has 1 amide bonds. The smallest absolute Gasteiger partial charge is 0.274 e. The maximum absolute atomic E-state index is 13.5. The lowest BCUT2D eigenvalue weighted by molar-refractivity contribution is 0.0784. The second-order valence-corrected chi connectivity index (χ2v) is 8.67. The molecule has 3 aromatic heterocycles. The quantitative estimate of drug-likeness (QED) is 0.666. The molecule has 1 saturated heterocycles. The summed E-state index contributed by atoms with van der Waals surface area (Å²) >= 11 is 1.51. The van der Waals surface area contributed by atoms with Gasteiger partial charge in [-0.25, -0.2) is 14.4 Å². The van der Waals surface area contributed by atoms with Crippen molar-refractivity contribution in [3.63, 3.8) is 0 Å². The summed E-state index contributed by atoms with van der Waals surface area (Å²) < 4.78 is 14.3. The van der Waals surface area contributed by atoms with Crippen molar-refractivity contribution < 1.29 is 9.18 Å². The minimum absolute atomic E-state index is 0.0988. The van der Waals surface area contributed by atoms with Gasteiger partial charge in [0, 0.05) is 24.2 Å². The fraction of sp³-hybridized carbons (Fsp3) is 0.400. The third-order valence-electron chi connectivity index (χ3n) is 5.18. The Bertz CT molecular complexity index is 1050. The molecular formula is C20H23FN6OS. The lowest BCUT2D eigenvalue weighted by Gasteiger charge is -2.18. The van der Waals surface area contributed by atoms with Gasteiger partial charge in [-0.3, -0.25) is 9.78 Å². The van der Waals surface area contributed by atoms with Crippen LogP contribution in [0.15, 0.2) is 24.5 Å². The number of thiophene rings is 1. The fourth-order valence-corrected chi connectivity index (χ4v) is 4.49. The molecule has 3 N–H and O–H groups in total. The summed E-state index contributed by atoms with van der Waals surface area (Å²) in [6, 6.07) is 3.10. The maximum atomic E-state index is 13.5. The fourth-order valence-electron chi connectivity index (χ4n) is 3.56. The van der Waals surface area contributed by atoms with Gasteiger partial charge in [0.05, 0.1) is 22.5 Å². The van der Waals surface area contributed by atoms with Crippen LogP contribution < -0.4 is 11.1 Å². The molecule has 0 spiro atoms. The number of nitrogens with two attached hydrogens (primary N) is 1. The van der Waals surface area contributed by atoms with Crippen LogP contribution in [0, 0.1) is 18.7 Å². The predicted octanol–water partition coefficient (Wildman–Crippen LogP) is 3.13. The van der Waals surface area contributed by atoms with Gasteiger partial charge in [-0.1, -0.05) is 0 Å². The van der Waals surface area contributed by atoms with E-state index in [0.29, 0.717) is 42.8 Å². The van der Waals surface area contributed by atoms with E-state index in [4.69, 9.17) is 5.73 Å². The van der Waals surface area contributed by atoms with Crippen LogP contribution in [0.2, 0.25) is 0 Å². The zero-order valence-corrected chi connectivity index (χ0v) is 17.2. The van der Waals surface area contributed by atoms with Gasteiger partial charge in [0.2, 0.25) is 5.95 Å². The molecule has 0 aliphatic carbocycles. The predicted molar refractivity (Wildman–Crippen MR) is 111 cm³/mol. The molecule has 9 heteroatoms. The van der Waals surface area contributed by atoms with Crippen molar-refractivity contribution in [3.05, 3.63) is 46.5 Å². The Morgan fingerprint density at radius 1 is 1.41 bits per heavy atom. The number of nitrogens with one attached hydrogen (secondary N) is 1. The van der Waals surface area contributed by atoms with Crippen molar-refractivity contribution in [2.45, 2.75) is 26.3 Å². The lowest BCUT2D eigenvalue weighted by atomic mass is 10.1. The molecule has 4 rings (SSSR count). The van der Waals surface area contributed by atoms with Gasteiger partial charge in [-0.2, -0.15) is 0 Å². The largest absolute Gasteiger partial charge is 0.348 e. The first-order chi connectivity index (χ1) is 13.9. The van der Waals surface area contributed by atoms with Gasteiger partial charge in [-0.05, 0) is 50.4 Å². The van der Waals surface area contributed by atoms with E-state index < -0.39 is 5.82 Å². The van der Waals surface area contributed by atoms with Crippen LogP contribution in [0.5, 0.6) is 0 Å². The number of aryl methyl sites for hydroxylation is 1. The number of amides is 1. The van der Waals surface area contributed by atoms with Crippen LogP contribution in [0.4, 0.5) is 10.3 Å². The van der Waals surface area contributed by atoms with E-state index in [1.54, 1.807) is 6.20 Å². The van der Waals surface area contributed by atoms with Crippen molar-refractivity contribution in [2.24, 2.45) is 11.7 Å². The first-order valence-corrected chi connectivity index (χ1v) is 10.4. The Hall–Kier alpha value is -2.65.